The van der Waals surface area contributed by atoms with Crippen LogP contribution in [0.5, 0.6) is 5.88 Å². The van der Waals surface area contributed by atoms with Crippen LogP contribution in [0.4, 0.5) is 5.69 Å². The number of esters is 1. The van der Waals surface area contributed by atoms with Gasteiger partial charge in [0.05, 0.1) is 21.9 Å². The molecule has 0 aliphatic carbocycles. The minimum atomic E-state index is -0.700. The maximum atomic E-state index is 12.8. The molecule has 0 aliphatic rings. The first-order valence-electron chi connectivity index (χ1n) is 9.62. The average Bonchev–Trinajstić information content (AvgIpc) is 3.18. The molecule has 0 amide bonds. The monoisotopic (exact) mass is 413 g/mol. The van der Waals surface area contributed by atoms with Crippen LogP contribution in [0, 0.1) is 24.0 Å². The number of nitrogens with zero attached hydrogens (tertiary/aromatic N) is 3. The van der Waals surface area contributed by atoms with Crippen molar-refractivity contribution < 1.29 is 14.5 Å². The molecule has 0 saturated carbocycles. The van der Waals surface area contributed by atoms with Crippen molar-refractivity contribution in [2.45, 2.75) is 13.8 Å². The van der Waals surface area contributed by atoms with E-state index < -0.39 is 10.9 Å². The molecular weight excluding hydrogens is 394 g/mol. The molecular formula is C24H19N3O4. The van der Waals surface area contributed by atoms with Crippen LogP contribution in [0.2, 0.25) is 0 Å². The number of aryl methyl sites for hydroxylation is 2. The van der Waals surface area contributed by atoms with Crippen LogP contribution >= 0.6 is 0 Å². The summed E-state index contributed by atoms with van der Waals surface area (Å²) in [5.41, 5.74) is 4.27. The highest BCUT2D eigenvalue weighted by Gasteiger charge is 2.19. The van der Waals surface area contributed by atoms with Crippen LogP contribution in [0.3, 0.4) is 0 Å². The van der Waals surface area contributed by atoms with Crippen molar-refractivity contribution in [1.82, 2.24) is 9.78 Å². The predicted molar refractivity (Wildman–Crippen MR) is 117 cm³/mol. The standard InChI is InChI=1S/C24H19N3O4/c1-16-11-12-22(17(2)13-16)26-23(15-21(25-26)18-7-4-3-5-8-18)31-24(28)19-9-6-10-20(14-19)27(29)30/h3-15H,1-2H3. The smallest absolute Gasteiger partial charge is 0.345 e. The van der Waals surface area contributed by atoms with Gasteiger partial charge in [-0.05, 0) is 31.5 Å². The highest BCUT2D eigenvalue weighted by molar-refractivity contribution is 5.91. The summed E-state index contributed by atoms with van der Waals surface area (Å²) in [6.45, 7) is 3.96. The molecule has 7 heteroatoms. The lowest BCUT2D eigenvalue weighted by molar-refractivity contribution is -0.384. The van der Waals surface area contributed by atoms with Gasteiger partial charge in [0.1, 0.15) is 0 Å². The van der Waals surface area contributed by atoms with Gasteiger partial charge in [0.15, 0.2) is 0 Å². The molecule has 1 heterocycles. The quantitative estimate of drug-likeness (QED) is 0.252. The predicted octanol–water partition coefficient (Wildman–Crippen LogP) is 5.28. The Morgan fingerprint density at radius 2 is 1.74 bits per heavy atom. The van der Waals surface area contributed by atoms with Crippen LogP contribution in [0.1, 0.15) is 21.5 Å². The molecule has 0 unspecified atom stereocenters. The lowest BCUT2D eigenvalue weighted by atomic mass is 10.1. The summed E-state index contributed by atoms with van der Waals surface area (Å²) in [7, 11) is 0. The number of carbonyl (C=O) groups excluding carboxylic acids is 1. The fourth-order valence-corrected chi connectivity index (χ4v) is 3.30. The number of nitro benzene ring substituents is 1. The van der Waals surface area contributed by atoms with Crippen LogP contribution in [-0.2, 0) is 0 Å². The number of rotatable bonds is 5. The van der Waals surface area contributed by atoms with Gasteiger partial charge < -0.3 is 4.74 Å². The van der Waals surface area contributed by atoms with E-state index in [0.717, 1.165) is 22.4 Å². The van der Waals surface area contributed by atoms with Gasteiger partial charge in [-0.2, -0.15) is 9.78 Å². The summed E-state index contributed by atoms with van der Waals surface area (Å²) in [6.07, 6.45) is 0. The topological polar surface area (TPSA) is 87.3 Å². The minimum Gasteiger partial charge on any atom is -0.404 e. The van der Waals surface area contributed by atoms with Crippen molar-refractivity contribution >= 4 is 11.7 Å². The summed E-state index contributed by atoms with van der Waals surface area (Å²) in [5, 5.41) is 15.7. The van der Waals surface area contributed by atoms with E-state index >= 15 is 0 Å². The van der Waals surface area contributed by atoms with E-state index in [2.05, 4.69) is 5.10 Å². The summed E-state index contributed by atoms with van der Waals surface area (Å²) in [6, 6.07) is 22.6. The van der Waals surface area contributed by atoms with Crippen LogP contribution in [0.25, 0.3) is 16.9 Å². The van der Waals surface area contributed by atoms with Gasteiger partial charge >= 0.3 is 5.97 Å². The summed E-state index contributed by atoms with van der Waals surface area (Å²) in [5.74, 6) is -0.475. The Labute approximate surface area is 178 Å². The van der Waals surface area contributed by atoms with Gasteiger partial charge in [-0.3, -0.25) is 10.1 Å². The van der Waals surface area contributed by atoms with E-state index in [1.54, 1.807) is 10.7 Å². The van der Waals surface area contributed by atoms with E-state index in [1.165, 1.54) is 24.3 Å². The number of non-ortho nitro benzene ring substituents is 1. The van der Waals surface area contributed by atoms with Crippen LogP contribution in [-0.4, -0.2) is 20.7 Å². The number of hydrogen-bond donors (Lipinski definition) is 0. The van der Waals surface area contributed by atoms with Crippen molar-refractivity contribution in [3.8, 4) is 22.8 Å². The molecule has 4 rings (SSSR count). The third kappa shape index (κ3) is 4.20. The molecule has 1 aromatic heterocycles. The zero-order valence-corrected chi connectivity index (χ0v) is 17.0. The van der Waals surface area contributed by atoms with E-state index in [4.69, 9.17) is 4.74 Å². The second kappa shape index (κ2) is 8.23. The first-order chi connectivity index (χ1) is 14.9. The molecule has 0 bridgehead atoms. The fraction of sp³-hybridized carbons (Fsp3) is 0.0833. The first-order valence-corrected chi connectivity index (χ1v) is 9.62. The third-order valence-corrected chi connectivity index (χ3v) is 4.82. The highest BCUT2D eigenvalue weighted by atomic mass is 16.6. The number of nitro groups is 1. The average molecular weight is 413 g/mol. The fourth-order valence-electron chi connectivity index (χ4n) is 3.30. The Hall–Kier alpha value is -4.26. The number of hydrogen-bond acceptors (Lipinski definition) is 5. The van der Waals surface area contributed by atoms with Gasteiger partial charge in [-0.15, -0.1) is 0 Å². The minimum absolute atomic E-state index is 0.0869. The van der Waals surface area contributed by atoms with Gasteiger partial charge in [0.2, 0.25) is 5.88 Å². The highest BCUT2D eigenvalue weighted by Crippen LogP contribution is 2.29. The summed E-state index contributed by atoms with van der Waals surface area (Å²) >= 11 is 0. The summed E-state index contributed by atoms with van der Waals surface area (Å²) < 4.78 is 7.22. The Kier molecular flexibility index (Phi) is 5.32. The largest absolute Gasteiger partial charge is 0.404 e. The van der Waals surface area contributed by atoms with Crippen molar-refractivity contribution in [3.63, 3.8) is 0 Å². The maximum Gasteiger partial charge on any atom is 0.345 e. The van der Waals surface area contributed by atoms with E-state index in [9.17, 15) is 14.9 Å². The number of carbonyl (C=O) groups is 1. The van der Waals surface area contributed by atoms with Crippen molar-refractivity contribution in [2.24, 2.45) is 0 Å². The number of aromatic nitrogens is 2. The Morgan fingerprint density at radius 3 is 2.45 bits per heavy atom. The molecule has 0 saturated heterocycles. The van der Waals surface area contributed by atoms with E-state index in [-0.39, 0.29) is 17.1 Å². The van der Waals surface area contributed by atoms with E-state index in [0.29, 0.717) is 5.69 Å². The second-order valence-electron chi connectivity index (χ2n) is 7.13. The van der Waals surface area contributed by atoms with Crippen LogP contribution < -0.4 is 4.74 Å². The zero-order valence-electron chi connectivity index (χ0n) is 17.0. The Balaban J connectivity index is 1.77. The van der Waals surface area contributed by atoms with E-state index in [1.807, 2.05) is 62.4 Å². The molecule has 0 fully saturated rings. The van der Waals surface area contributed by atoms with Gasteiger partial charge in [-0.25, -0.2) is 4.79 Å². The van der Waals surface area contributed by atoms with Crippen molar-refractivity contribution in [1.29, 1.82) is 0 Å². The molecule has 7 nitrogen and oxygen atoms in total. The van der Waals surface area contributed by atoms with Crippen molar-refractivity contribution in [2.75, 3.05) is 0 Å². The molecule has 0 aliphatic heterocycles. The van der Waals surface area contributed by atoms with Gasteiger partial charge in [0, 0.05) is 23.8 Å². The molecule has 154 valence electrons. The molecule has 4 aromatic rings. The lowest BCUT2D eigenvalue weighted by Crippen LogP contribution is -2.12. The summed E-state index contributed by atoms with van der Waals surface area (Å²) in [4.78, 5) is 23.3. The molecule has 0 N–H and O–H groups in total. The van der Waals surface area contributed by atoms with Gasteiger partial charge in [0.25, 0.3) is 5.69 Å². The molecule has 3 aromatic carbocycles. The molecule has 0 atom stereocenters. The normalized spacial score (nSPS) is 10.6. The second-order valence-corrected chi connectivity index (χ2v) is 7.13. The third-order valence-electron chi connectivity index (χ3n) is 4.82. The molecule has 0 spiro atoms. The Morgan fingerprint density at radius 1 is 0.968 bits per heavy atom. The first kappa shape index (κ1) is 20.0. The van der Waals surface area contributed by atoms with Gasteiger partial charge in [-0.1, -0.05) is 54.1 Å². The van der Waals surface area contributed by atoms with Crippen LogP contribution in [0.15, 0.2) is 78.9 Å². The number of ether oxygens (including phenoxy) is 1. The number of benzene rings is 3. The zero-order chi connectivity index (χ0) is 22.0. The Bertz CT molecular complexity index is 1280. The molecule has 0 radical (unpaired) electrons. The lowest BCUT2D eigenvalue weighted by Gasteiger charge is -2.11. The molecule has 31 heavy (non-hydrogen) atoms. The SMILES string of the molecule is Cc1ccc(-n2nc(-c3ccccc3)cc2OC(=O)c2cccc([N+](=O)[O-])c2)c(C)c1. The van der Waals surface area contributed by atoms with Crippen molar-refractivity contribution in [3.05, 3.63) is 106 Å². The maximum absolute atomic E-state index is 12.8.